The Morgan fingerprint density at radius 2 is 1.95 bits per heavy atom. The van der Waals surface area contributed by atoms with Gasteiger partial charge in [-0.2, -0.15) is 13.2 Å². The standard InChI is InChI=1S/C15H17F3N2OS/c1-2-21-8-9-22-14-19-10-13(12-6-4-3-5-7-12)20(14)11-15(16,17)18/h3-7,10H,2,8-9,11H2,1H3. The zero-order chi connectivity index (χ0) is 16.0. The van der Waals surface area contributed by atoms with Crippen LogP contribution in [-0.2, 0) is 11.3 Å². The molecule has 0 aliphatic rings. The quantitative estimate of drug-likeness (QED) is 0.561. The zero-order valence-electron chi connectivity index (χ0n) is 12.1. The molecule has 0 unspecified atom stereocenters. The van der Waals surface area contributed by atoms with Gasteiger partial charge in [0.2, 0.25) is 0 Å². The first-order valence-electron chi connectivity index (χ1n) is 6.89. The summed E-state index contributed by atoms with van der Waals surface area (Å²) in [6.07, 6.45) is -2.80. The predicted molar refractivity (Wildman–Crippen MR) is 80.9 cm³/mol. The minimum Gasteiger partial charge on any atom is -0.381 e. The smallest absolute Gasteiger partial charge is 0.381 e. The zero-order valence-corrected chi connectivity index (χ0v) is 13.0. The van der Waals surface area contributed by atoms with E-state index >= 15 is 0 Å². The first-order valence-corrected chi connectivity index (χ1v) is 7.88. The van der Waals surface area contributed by atoms with Crippen LogP contribution in [0.25, 0.3) is 11.3 Å². The number of hydrogen-bond donors (Lipinski definition) is 0. The molecule has 1 aromatic heterocycles. The number of nitrogens with zero attached hydrogens (tertiary/aromatic N) is 2. The third-order valence-corrected chi connectivity index (χ3v) is 3.84. The molecule has 0 spiro atoms. The largest absolute Gasteiger partial charge is 0.406 e. The Hall–Kier alpha value is -1.47. The van der Waals surface area contributed by atoms with Crippen molar-refractivity contribution in [2.45, 2.75) is 24.8 Å². The van der Waals surface area contributed by atoms with Crippen molar-refractivity contribution in [3.8, 4) is 11.3 Å². The number of halogens is 3. The van der Waals surface area contributed by atoms with Crippen molar-refractivity contribution in [2.75, 3.05) is 19.0 Å². The van der Waals surface area contributed by atoms with Crippen molar-refractivity contribution in [2.24, 2.45) is 0 Å². The van der Waals surface area contributed by atoms with Gasteiger partial charge in [-0.05, 0) is 12.5 Å². The molecule has 3 nitrogen and oxygen atoms in total. The number of hydrogen-bond acceptors (Lipinski definition) is 3. The summed E-state index contributed by atoms with van der Waals surface area (Å²) in [5.41, 5.74) is 1.19. The fraction of sp³-hybridized carbons (Fsp3) is 0.400. The van der Waals surface area contributed by atoms with E-state index in [1.54, 1.807) is 24.3 Å². The van der Waals surface area contributed by atoms with E-state index in [9.17, 15) is 13.2 Å². The Balaban J connectivity index is 2.24. The molecule has 0 aliphatic heterocycles. The lowest BCUT2D eigenvalue weighted by atomic mass is 10.2. The number of aromatic nitrogens is 2. The summed E-state index contributed by atoms with van der Waals surface area (Å²) in [6.45, 7) is 1.91. The molecule has 0 aliphatic carbocycles. The molecule has 1 heterocycles. The number of alkyl halides is 3. The second-order valence-electron chi connectivity index (χ2n) is 4.54. The van der Waals surface area contributed by atoms with E-state index in [2.05, 4.69) is 4.98 Å². The van der Waals surface area contributed by atoms with E-state index in [1.807, 2.05) is 13.0 Å². The first-order chi connectivity index (χ1) is 10.5. The van der Waals surface area contributed by atoms with Gasteiger partial charge in [-0.3, -0.25) is 0 Å². The van der Waals surface area contributed by atoms with Crippen LogP contribution in [0.5, 0.6) is 0 Å². The van der Waals surface area contributed by atoms with E-state index in [4.69, 9.17) is 4.74 Å². The van der Waals surface area contributed by atoms with Gasteiger partial charge in [-0.1, -0.05) is 42.1 Å². The molecule has 0 saturated heterocycles. The maximum atomic E-state index is 12.9. The monoisotopic (exact) mass is 330 g/mol. The molecule has 2 aromatic rings. The van der Waals surface area contributed by atoms with E-state index < -0.39 is 12.7 Å². The second-order valence-corrected chi connectivity index (χ2v) is 5.60. The van der Waals surface area contributed by atoms with Gasteiger partial charge in [-0.15, -0.1) is 0 Å². The molecule has 0 radical (unpaired) electrons. The minimum atomic E-state index is -4.29. The third kappa shape index (κ3) is 4.78. The fourth-order valence-electron chi connectivity index (χ4n) is 1.98. The van der Waals surface area contributed by atoms with Crippen molar-refractivity contribution in [1.29, 1.82) is 0 Å². The summed E-state index contributed by atoms with van der Waals surface area (Å²) in [5.74, 6) is 0.566. The highest BCUT2D eigenvalue weighted by molar-refractivity contribution is 7.99. The number of imidazole rings is 1. The maximum absolute atomic E-state index is 12.9. The van der Waals surface area contributed by atoms with Crippen molar-refractivity contribution in [1.82, 2.24) is 9.55 Å². The Bertz CT molecular complexity index is 584. The molecule has 0 saturated carbocycles. The van der Waals surface area contributed by atoms with Crippen molar-refractivity contribution >= 4 is 11.8 Å². The number of benzene rings is 1. The molecule has 0 fully saturated rings. The van der Waals surface area contributed by atoms with Crippen LogP contribution in [-0.4, -0.2) is 34.7 Å². The van der Waals surface area contributed by atoms with Crippen LogP contribution in [0.15, 0.2) is 41.7 Å². The topological polar surface area (TPSA) is 27.1 Å². The average Bonchev–Trinajstić information content (AvgIpc) is 2.85. The molecule has 2 rings (SSSR count). The van der Waals surface area contributed by atoms with Crippen molar-refractivity contribution in [3.05, 3.63) is 36.5 Å². The molecule has 7 heteroatoms. The van der Waals surface area contributed by atoms with E-state index in [0.29, 0.717) is 29.8 Å². The lowest BCUT2D eigenvalue weighted by molar-refractivity contribution is -0.141. The van der Waals surface area contributed by atoms with Gasteiger partial charge < -0.3 is 9.30 Å². The number of thioether (sulfide) groups is 1. The molecule has 1 aromatic carbocycles. The van der Waals surface area contributed by atoms with Crippen molar-refractivity contribution in [3.63, 3.8) is 0 Å². The molecular weight excluding hydrogens is 313 g/mol. The molecular formula is C15H17F3N2OS. The predicted octanol–water partition coefficient (Wildman–Crippen LogP) is 4.24. The van der Waals surface area contributed by atoms with Gasteiger partial charge in [0.05, 0.1) is 18.5 Å². The highest BCUT2D eigenvalue weighted by Gasteiger charge is 2.30. The summed E-state index contributed by atoms with van der Waals surface area (Å²) in [4.78, 5) is 4.14. The highest BCUT2D eigenvalue weighted by atomic mass is 32.2. The molecule has 0 bridgehead atoms. The van der Waals surface area contributed by atoms with Gasteiger partial charge >= 0.3 is 6.18 Å². The van der Waals surface area contributed by atoms with E-state index in [1.165, 1.54) is 22.5 Å². The van der Waals surface area contributed by atoms with Gasteiger partial charge in [0.1, 0.15) is 6.54 Å². The summed E-state index contributed by atoms with van der Waals surface area (Å²) in [6, 6.07) is 8.97. The van der Waals surface area contributed by atoms with Crippen LogP contribution >= 0.6 is 11.8 Å². The Morgan fingerprint density at radius 3 is 2.59 bits per heavy atom. The second kappa shape index (κ2) is 7.69. The summed E-state index contributed by atoms with van der Waals surface area (Å²) >= 11 is 1.27. The van der Waals surface area contributed by atoms with E-state index in [-0.39, 0.29) is 0 Å². The number of rotatable bonds is 7. The molecule has 0 N–H and O–H groups in total. The van der Waals surface area contributed by atoms with Crippen LogP contribution in [0.1, 0.15) is 6.92 Å². The molecule has 22 heavy (non-hydrogen) atoms. The average molecular weight is 330 g/mol. The Morgan fingerprint density at radius 1 is 1.23 bits per heavy atom. The normalized spacial score (nSPS) is 11.8. The summed E-state index contributed by atoms with van der Waals surface area (Å²) in [5, 5.41) is 0.357. The number of ether oxygens (including phenoxy) is 1. The lowest BCUT2D eigenvalue weighted by Gasteiger charge is -2.14. The van der Waals surface area contributed by atoms with E-state index in [0.717, 1.165) is 5.56 Å². The van der Waals surface area contributed by atoms with Crippen molar-refractivity contribution < 1.29 is 17.9 Å². The Labute approximate surface area is 131 Å². The molecule has 0 amide bonds. The van der Waals surface area contributed by atoms with Crippen LogP contribution in [0.2, 0.25) is 0 Å². The van der Waals surface area contributed by atoms with Gasteiger partial charge in [-0.25, -0.2) is 4.98 Å². The first kappa shape index (κ1) is 16.9. The molecule has 120 valence electrons. The SMILES string of the molecule is CCOCCSc1ncc(-c2ccccc2)n1CC(F)(F)F. The van der Waals surface area contributed by atoms with Gasteiger partial charge in [0.25, 0.3) is 0 Å². The Kier molecular flexibility index (Phi) is 5.90. The minimum absolute atomic E-state index is 0.357. The fourth-order valence-corrected chi connectivity index (χ4v) is 2.81. The highest BCUT2D eigenvalue weighted by Crippen LogP contribution is 2.29. The maximum Gasteiger partial charge on any atom is 0.406 e. The third-order valence-electron chi connectivity index (χ3n) is 2.89. The summed E-state index contributed by atoms with van der Waals surface area (Å²) < 4.78 is 45.0. The van der Waals surface area contributed by atoms with Crippen LogP contribution < -0.4 is 0 Å². The van der Waals surface area contributed by atoms with Gasteiger partial charge in [0.15, 0.2) is 5.16 Å². The summed E-state index contributed by atoms with van der Waals surface area (Å²) in [7, 11) is 0. The lowest BCUT2D eigenvalue weighted by Crippen LogP contribution is -2.19. The van der Waals surface area contributed by atoms with Crippen LogP contribution in [0, 0.1) is 0 Å². The van der Waals surface area contributed by atoms with Crippen LogP contribution in [0.4, 0.5) is 13.2 Å². The van der Waals surface area contributed by atoms with Crippen LogP contribution in [0.3, 0.4) is 0 Å². The van der Waals surface area contributed by atoms with Gasteiger partial charge in [0, 0.05) is 12.4 Å². The molecule has 0 atom stereocenters.